The Kier molecular flexibility index (Phi) is 7.95. The van der Waals surface area contributed by atoms with Crippen LogP contribution >= 0.6 is 15.9 Å². The Morgan fingerprint density at radius 2 is 2.18 bits per heavy atom. The van der Waals surface area contributed by atoms with Gasteiger partial charge in [0.05, 0.1) is 0 Å². The quantitative estimate of drug-likeness (QED) is 0.512. The summed E-state index contributed by atoms with van der Waals surface area (Å²) >= 11 is 3.19. The highest BCUT2D eigenvalue weighted by Crippen LogP contribution is 1.88. The van der Waals surface area contributed by atoms with E-state index in [4.69, 9.17) is 5.73 Å². The summed E-state index contributed by atoms with van der Waals surface area (Å²) in [6.45, 7) is 1.46. The third-order valence-electron chi connectivity index (χ3n) is 1.27. The maximum atomic E-state index is 10.8. The van der Waals surface area contributed by atoms with Gasteiger partial charge in [0.15, 0.2) is 0 Å². The summed E-state index contributed by atoms with van der Waals surface area (Å²) in [5.41, 5.74) is 5.28. The number of hydrogen-bond acceptors (Lipinski definition) is 2. The predicted octanol–water partition coefficient (Wildman–Crippen LogP) is 0.627. The summed E-state index contributed by atoms with van der Waals surface area (Å²) in [4.78, 5) is 10.8. The van der Waals surface area contributed by atoms with Gasteiger partial charge in [-0.1, -0.05) is 15.9 Å². The molecule has 0 spiro atoms. The maximum absolute atomic E-state index is 10.8. The van der Waals surface area contributed by atoms with E-state index in [0.717, 1.165) is 24.7 Å². The van der Waals surface area contributed by atoms with Gasteiger partial charge in [-0.3, -0.25) is 4.79 Å². The highest BCUT2D eigenvalue weighted by Gasteiger charge is 1.96. The molecule has 0 heterocycles. The number of carbonyl (C=O) groups is 1. The summed E-state index contributed by atoms with van der Waals surface area (Å²) in [7, 11) is 0. The smallest absolute Gasteiger partial charge is 0.220 e. The molecule has 0 radical (unpaired) electrons. The van der Waals surface area contributed by atoms with Crippen LogP contribution in [0.1, 0.15) is 19.3 Å². The molecule has 0 aliphatic carbocycles. The number of nitrogens with one attached hydrogen (secondary N) is 1. The molecule has 0 aliphatic heterocycles. The molecule has 0 fully saturated rings. The van der Waals surface area contributed by atoms with Crippen molar-refractivity contribution >= 4 is 21.8 Å². The van der Waals surface area contributed by atoms with Crippen LogP contribution < -0.4 is 11.1 Å². The van der Waals surface area contributed by atoms with Gasteiger partial charge in [-0.2, -0.15) is 0 Å². The van der Waals surface area contributed by atoms with Gasteiger partial charge in [-0.25, -0.2) is 0 Å². The van der Waals surface area contributed by atoms with E-state index in [9.17, 15) is 4.79 Å². The highest BCUT2D eigenvalue weighted by molar-refractivity contribution is 9.09. The van der Waals surface area contributed by atoms with E-state index >= 15 is 0 Å². The minimum atomic E-state index is 0.110. The lowest BCUT2D eigenvalue weighted by atomic mass is 10.3. The molecule has 0 aliphatic rings. The molecular formula is C7H15BrN2O. The minimum Gasteiger partial charge on any atom is -0.356 e. The van der Waals surface area contributed by atoms with Gasteiger partial charge in [-0.15, -0.1) is 0 Å². The summed E-state index contributed by atoms with van der Waals surface area (Å²) in [6, 6.07) is 0. The Bertz CT molecular complexity index is 109. The van der Waals surface area contributed by atoms with E-state index in [2.05, 4.69) is 21.2 Å². The number of alkyl halides is 1. The van der Waals surface area contributed by atoms with Crippen molar-refractivity contribution in [2.75, 3.05) is 18.4 Å². The molecule has 0 bridgehead atoms. The number of carbonyl (C=O) groups excluding carboxylic acids is 1. The third-order valence-corrected chi connectivity index (χ3v) is 1.67. The first-order valence-corrected chi connectivity index (χ1v) is 4.96. The van der Waals surface area contributed by atoms with E-state index in [-0.39, 0.29) is 5.91 Å². The van der Waals surface area contributed by atoms with E-state index in [1.807, 2.05) is 0 Å². The monoisotopic (exact) mass is 222 g/mol. The summed E-state index contributed by atoms with van der Waals surface area (Å²) in [6.07, 6.45) is 2.52. The summed E-state index contributed by atoms with van der Waals surface area (Å²) in [5.74, 6) is 0.110. The lowest BCUT2D eigenvalue weighted by Crippen LogP contribution is -2.24. The molecular weight excluding hydrogens is 208 g/mol. The molecule has 11 heavy (non-hydrogen) atoms. The van der Waals surface area contributed by atoms with Crippen molar-refractivity contribution in [1.29, 1.82) is 0 Å². The van der Waals surface area contributed by atoms with Gasteiger partial charge < -0.3 is 11.1 Å². The summed E-state index contributed by atoms with van der Waals surface area (Å²) in [5, 5.41) is 3.53. The molecule has 0 saturated heterocycles. The second-order valence-corrected chi connectivity index (χ2v) is 3.08. The Balaban J connectivity index is 3.04. The number of halogens is 1. The summed E-state index contributed by atoms with van der Waals surface area (Å²) < 4.78 is 0. The van der Waals surface area contributed by atoms with Crippen LogP contribution in [0.25, 0.3) is 0 Å². The van der Waals surface area contributed by atoms with E-state index in [0.29, 0.717) is 13.0 Å². The lowest BCUT2D eigenvalue weighted by Gasteiger charge is -2.01. The SMILES string of the molecule is NCCCCNC(=O)CCBr. The first-order valence-electron chi connectivity index (χ1n) is 3.84. The Morgan fingerprint density at radius 3 is 2.73 bits per heavy atom. The Morgan fingerprint density at radius 1 is 1.45 bits per heavy atom. The predicted molar refractivity (Wildman–Crippen MR) is 49.7 cm³/mol. The fourth-order valence-electron chi connectivity index (χ4n) is 0.671. The van der Waals surface area contributed by atoms with Crippen LogP contribution in [0.15, 0.2) is 0 Å². The number of rotatable bonds is 6. The third kappa shape index (κ3) is 7.81. The van der Waals surface area contributed by atoms with E-state index < -0.39 is 0 Å². The van der Waals surface area contributed by atoms with E-state index in [1.54, 1.807) is 0 Å². The normalized spacial score (nSPS) is 9.64. The van der Waals surface area contributed by atoms with Crippen LogP contribution in [-0.2, 0) is 4.79 Å². The van der Waals surface area contributed by atoms with Gasteiger partial charge in [-0.05, 0) is 19.4 Å². The Labute approximate surface area is 75.8 Å². The van der Waals surface area contributed by atoms with Crippen molar-refractivity contribution in [3.05, 3.63) is 0 Å². The fraction of sp³-hybridized carbons (Fsp3) is 0.857. The molecule has 1 amide bonds. The van der Waals surface area contributed by atoms with Gasteiger partial charge in [0.25, 0.3) is 0 Å². The molecule has 0 unspecified atom stereocenters. The molecule has 0 atom stereocenters. The molecule has 0 aromatic rings. The largest absolute Gasteiger partial charge is 0.356 e. The van der Waals surface area contributed by atoms with Gasteiger partial charge >= 0.3 is 0 Å². The van der Waals surface area contributed by atoms with Gasteiger partial charge in [0, 0.05) is 18.3 Å². The van der Waals surface area contributed by atoms with Crippen molar-refractivity contribution in [2.24, 2.45) is 5.73 Å². The zero-order valence-electron chi connectivity index (χ0n) is 6.61. The zero-order valence-corrected chi connectivity index (χ0v) is 8.19. The molecule has 3 nitrogen and oxygen atoms in total. The number of amides is 1. The lowest BCUT2D eigenvalue weighted by molar-refractivity contribution is -0.120. The molecule has 0 saturated carbocycles. The first-order chi connectivity index (χ1) is 5.31. The second-order valence-electron chi connectivity index (χ2n) is 2.28. The minimum absolute atomic E-state index is 0.110. The number of hydrogen-bond donors (Lipinski definition) is 2. The number of unbranched alkanes of at least 4 members (excludes halogenated alkanes) is 1. The van der Waals surface area contributed by atoms with Crippen molar-refractivity contribution in [3.63, 3.8) is 0 Å². The average Bonchev–Trinajstić information content (AvgIpc) is 1.99. The topological polar surface area (TPSA) is 55.1 Å². The number of nitrogens with two attached hydrogens (primary N) is 1. The maximum Gasteiger partial charge on any atom is 0.220 e. The first kappa shape index (κ1) is 10.9. The van der Waals surface area contributed by atoms with Crippen molar-refractivity contribution in [3.8, 4) is 0 Å². The van der Waals surface area contributed by atoms with Crippen LogP contribution in [0.2, 0.25) is 0 Å². The van der Waals surface area contributed by atoms with Crippen molar-refractivity contribution < 1.29 is 4.79 Å². The van der Waals surface area contributed by atoms with Gasteiger partial charge in [0.2, 0.25) is 5.91 Å². The van der Waals surface area contributed by atoms with Crippen LogP contribution in [0.4, 0.5) is 0 Å². The van der Waals surface area contributed by atoms with Gasteiger partial charge in [0.1, 0.15) is 0 Å². The van der Waals surface area contributed by atoms with Crippen LogP contribution in [0.5, 0.6) is 0 Å². The molecule has 0 aromatic carbocycles. The standard InChI is InChI=1S/C7H15BrN2O/c8-4-3-7(11)10-6-2-1-5-9/h1-6,9H2,(H,10,11). The molecule has 0 rings (SSSR count). The van der Waals surface area contributed by atoms with Crippen LogP contribution in [0.3, 0.4) is 0 Å². The van der Waals surface area contributed by atoms with Crippen LogP contribution in [-0.4, -0.2) is 24.3 Å². The average molecular weight is 223 g/mol. The zero-order chi connectivity index (χ0) is 8.53. The highest BCUT2D eigenvalue weighted by atomic mass is 79.9. The van der Waals surface area contributed by atoms with E-state index in [1.165, 1.54) is 0 Å². The van der Waals surface area contributed by atoms with Crippen molar-refractivity contribution in [2.45, 2.75) is 19.3 Å². The fourth-order valence-corrected chi connectivity index (χ4v) is 1.03. The molecule has 4 heteroatoms. The second kappa shape index (κ2) is 8.01. The van der Waals surface area contributed by atoms with Crippen LogP contribution in [0, 0.1) is 0 Å². The molecule has 0 aromatic heterocycles. The Hall–Kier alpha value is -0.0900. The van der Waals surface area contributed by atoms with Crippen molar-refractivity contribution in [1.82, 2.24) is 5.32 Å². The molecule has 66 valence electrons. The molecule has 3 N–H and O–H groups in total.